The Kier molecular flexibility index (Phi) is 18.9. The van der Waals surface area contributed by atoms with Crippen LogP contribution < -0.4 is 26.3 Å². The number of alkyl halides is 8. The molecule has 5 N–H and O–H groups in total. The van der Waals surface area contributed by atoms with Gasteiger partial charge in [-0.3, -0.25) is 19.9 Å². The Bertz CT molecular complexity index is 3280. The van der Waals surface area contributed by atoms with Crippen LogP contribution in [0.4, 0.5) is 59.3 Å². The van der Waals surface area contributed by atoms with E-state index in [-0.39, 0.29) is 21.5 Å². The van der Waals surface area contributed by atoms with Crippen LogP contribution in [0.15, 0.2) is 72.9 Å². The van der Waals surface area contributed by atoms with Crippen molar-refractivity contribution < 1.29 is 82.4 Å². The Morgan fingerprint density at radius 3 is 1.85 bits per heavy atom. The van der Waals surface area contributed by atoms with Crippen LogP contribution in [0.3, 0.4) is 0 Å². The van der Waals surface area contributed by atoms with Crippen LogP contribution in [0.5, 0.6) is 0 Å². The maximum atomic E-state index is 16.1. The molecule has 3 unspecified atom stereocenters. The van der Waals surface area contributed by atoms with E-state index in [1.165, 1.54) is 24.3 Å². The smallest absolute Gasteiger partial charge is 0.407 e. The Balaban J connectivity index is 1.08. The van der Waals surface area contributed by atoms with E-state index in [9.17, 15) is 59.4 Å². The van der Waals surface area contributed by atoms with Crippen LogP contribution in [-0.4, -0.2) is 161 Å². The topological polar surface area (TPSA) is 218 Å². The number of anilines is 1. The number of nitrogens with zero attached hydrogens (tertiary/aromatic N) is 7. The van der Waals surface area contributed by atoms with Gasteiger partial charge in [-0.2, -0.15) is 40.2 Å². The number of piperazine rings is 1. The quantitative estimate of drug-likeness (QED) is 0.0315. The van der Waals surface area contributed by atoms with Crippen molar-refractivity contribution in [1.82, 2.24) is 51.0 Å². The second-order valence-corrected chi connectivity index (χ2v) is 22.0. The number of aliphatic hydroxyl groups excluding tert-OH is 1. The fourth-order valence-electron chi connectivity index (χ4n) is 10.3. The third-order valence-electron chi connectivity index (χ3n) is 15.6. The third-order valence-corrected chi connectivity index (χ3v) is 15.6. The van der Waals surface area contributed by atoms with Gasteiger partial charge in [0.25, 0.3) is 5.91 Å². The number of nitrogens with one attached hydrogen (secondary N) is 4. The predicted molar refractivity (Wildman–Crippen MR) is 285 cm³/mol. The van der Waals surface area contributed by atoms with Crippen molar-refractivity contribution in [1.29, 1.82) is 0 Å². The monoisotopic (exact) mass is 1210 g/mol. The van der Waals surface area contributed by atoms with Crippen molar-refractivity contribution in [3.63, 3.8) is 0 Å². The van der Waals surface area contributed by atoms with Gasteiger partial charge in [-0.15, -0.1) is 0 Å². The molecule has 3 aliphatic rings. The van der Waals surface area contributed by atoms with Gasteiger partial charge in [-0.05, 0) is 113 Å². The molecule has 29 heteroatoms. The Labute approximate surface area is 480 Å². The van der Waals surface area contributed by atoms with Crippen LogP contribution in [0.2, 0.25) is 0 Å². The van der Waals surface area contributed by atoms with Gasteiger partial charge in [-0.25, -0.2) is 38.0 Å². The second-order valence-electron chi connectivity index (χ2n) is 22.0. The lowest BCUT2D eigenvalue weighted by molar-refractivity contribution is -0.221. The highest BCUT2D eigenvalue weighted by molar-refractivity contribution is 5.87. The first-order chi connectivity index (χ1) is 40.0. The number of halogens is 10. The number of carbonyl (C=O) groups is 4. The summed E-state index contributed by atoms with van der Waals surface area (Å²) in [5.41, 5.74) is -3.42. The molecule has 5 aromatic rings. The molecular formula is C56H61F10N11O8. The van der Waals surface area contributed by atoms with E-state index in [2.05, 4.69) is 46.5 Å². The first-order valence-corrected chi connectivity index (χ1v) is 26.6. The molecule has 0 aliphatic carbocycles. The molecule has 4 amide bonds. The second kappa shape index (κ2) is 25.4. The van der Waals surface area contributed by atoms with E-state index in [4.69, 9.17) is 9.72 Å². The van der Waals surface area contributed by atoms with Crippen molar-refractivity contribution in [2.75, 3.05) is 52.0 Å². The summed E-state index contributed by atoms with van der Waals surface area (Å²) < 4.78 is 161. The summed E-state index contributed by atoms with van der Waals surface area (Å²) >= 11 is 0. The SMILES string of the molecule is COC(=O)NC(C(=O)N[C@@H](Cc1ccc(C#Cc2ccc3nc(N4CC5CCC(C4)N5C4COC4)ccc3n2)cc1)[C@@H](O)CN(Cc1c(F)cc(-c2ccn(C(F)F)n2)cc1F)NC(=O)[C@@H](NC(=O)OC)C(C)(C)C(F)(F)F)C(C)(C)C(F)(F)F. The molecule has 19 nitrogen and oxygen atoms in total. The zero-order valence-electron chi connectivity index (χ0n) is 46.6. The lowest BCUT2D eigenvalue weighted by atomic mass is 9.82. The molecule has 0 saturated carbocycles. The maximum Gasteiger partial charge on any atom is 0.407 e. The van der Waals surface area contributed by atoms with Crippen molar-refractivity contribution in [2.24, 2.45) is 10.8 Å². The highest BCUT2D eigenvalue weighted by Crippen LogP contribution is 2.42. The summed E-state index contributed by atoms with van der Waals surface area (Å²) in [6, 6.07) is 10.2. The largest absolute Gasteiger partial charge is 0.453 e. The van der Waals surface area contributed by atoms with Crippen LogP contribution in [0, 0.1) is 34.3 Å². The normalized spacial score (nSPS) is 18.2. The average molecular weight is 1210 g/mol. The summed E-state index contributed by atoms with van der Waals surface area (Å²) in [6.45, 7) is 0.0697. The zero-order valence-corrected chi connectivity index (χ0v) is 46.6. The van der Waals surface area contributed by atoms with Gasteiger partial charge in [0.2, 0.25) is 5.91 Å². The van der Waals surface area contributed by atoms with Crippen LogP contribution in [-0.2, 0) is 36.8 Å². The lowest BCUT2D eigenvalue weighted by Crippen LogP contribution is -2.63. The number of benzene rings is 2. The van der Waals surface area contributed by atoms with Crippen LogP contribution in [0.1, 0.15) is 69.5 Å². The van der Waals surface area contributed by atoms with E-state index in [0.717, 1.165) is 71.4 Å². The first kappa shape index (κ1) is 63.2. The number of pyridine rings is 2. The zero-order chi connectivity index (χ0) is 61.9. The minimum Gasteiger partial charge on any atom is -0.453 e. The van der Waals surface area contributed by atoms with Gasteiger partial charge in [0, 0.05) is 61.1 Å². The standard InChI is InChI=1S/C56H61F10N11O8/c1-53(2,55(61,62)63)46(70-51(81)83-5)48(79)69-43(21-31-9-7-30(8-10-31)11-12-33-13-16-42-41(67-33)17-18-45(68-42)74-24-34-14-15-35(25-74)77(34)36-28-85-29-36)44(78)27-75(73-49(80)47(71-52(82)84-6)54(3,4)56(64,65)66)26-37-38(57)22-32(23-39(37)58)40-19-20-76(72-40)50(59)60/h7-10,13,16-20,22-23,34-36,43-44,46-47,50,78H,14-15,21,24-29H2,1-6H3,(H,69,79)(H,70,81)(H,71,82)(H,73,80)/t34?,35?,43-,44-,46?,47+/m0/s1. The number of aromatic nitrogens is 4. The van der Waals surface area contributed by atoms with E-state index >= 15 is 8.78 Å². The van der Waals surface area contributed by atoms with E-state index < -0.39 is 115 Å². The van der Waals surface area contributed by atoms with Gasteiger partial charge < -0.3 is 40.2 Å². The summed E-state index contributed by atoms with van der Waals surface area (Å²) in [7, 11) is 1.60. The van der Waals surface area contributed by atoms with Crippen molar-refractivity contribution in [3.05, 3.63) is 107 Å². The number of carbonyl (C=O) groups excluding carboxylic acids is 4. The minimum absolute atomic E-state index is 0.197. The summed E-state index contributed by atoms with van der Waals surface area (Å²) in [4.78, 5) is 67.5. The number of hydrogen-bond acceptors (Lipinski definition) is 14. The lowest BCUT2D eigenvalue weighted by Gasteiger charge is -2.48. The number of rotatable bonds is 19. The molecule has 3 fully saturated rings. The number of fused-ring (bicyclic) bond motifs is 3. The Hall–Kier alpha value is -7.81. The Morgan fingerprint density at radius 2 is 1.32 bits per heavy atom. The molecule has 0 radical (unpaired) electrons. The molecule has 3 aliphatic heterocycles. The molecule has 2 aromatic carbocycles. The fraction of sp³-hybridized carbons (Fsp3) is 0.482. The van der Waals surface area contributed by atoms with Gasteiger partial charge in [0.1, 0.15) is 35.2 Å². The number of ether oxygens (including phenoxy) is 3. The number of hydrazine groups is 1. The van der Waals surface area contributed by atoms with Gasteiger partial charge >= 0.3 is 31.1 Å². The fourth-order valence-corrected chi connectivity index (χ4v) is 10.3. The van der Waals surface area contributed by atoms with Crippen LogP contribution >= 0.6 is 0 Å². The van der Waals surface area contributed by atoms with Crippen molar-refractivity contribution >= 4 is 40.9 Å². The number of alkyl carbamates (subject to hydrolysis) is 2. The molecule has 458 valence electrons. The molecule has 3 aromatic heterocycles. The molecule has 0 spiro atoms. The van der Waals surface area contributed by atoms with E-state index in [0.29, 0.717) is 85.3 Å². The summed E-state index contributed by atoms with van der Waals surface area (Å²) in [5.74, 6) is 0.732. The van der Waals surface area contributed by atoms with E-state index in [1.807, 2.05) is 28.9 Å². The summed E-state index contributed by atoms with van der Waals surface area (Å²) in [6.07, 6.45) is -13.0. The van der Waals surface area contributed by atoms with Gasteiger partial charge in [0.05, 0.1) is 73.2 Å². The van der Waals surface area contributed by atoms with Crippen molar-refractivity contribution in [3.8, 4) is 23.1 Å². The highest BCUT2D eigenvalue weighted by atomic mass is 19.4. The number of amides is 4. The number of hydrogen-bond donors (Lipinski definition) is 5. The van der Waals surface area contributed by atoms with Gasteiger partial charge in [0.15, 0.2) is 0 Å². The van der Waals surface area contributed by atoms with Gasteiger partial charge in [-0.1, -0.05) is 18.1 Å². The van der Waals surface area contributed by atoms with Crippen molar-refractivity contribution in [2.45, 2.75) is 115 Å². The molecule has 85 heavy (non-hydrogen) atoms. The minimum atomic E-state index is -5.24. The Morgan fingerprint density at radius 1 is 0.753 bits per heavy atom. The molecule has 3 saturated heterocycles. The molecule has 8 rings (SSSR count). The maximum absolute atomic E-state index is 16.1. The summed E-state index contributed by atoms with van der Waals surface area (Å²) in [5, 5.41) is 22.1. The number of methoxy groups -OCH3 is 2. The molecule has 6 atom stereocenters. The number of aliphatic hydroxyl groups is 1. The average Bonchev–Trinajstić information content (AvgIpc) is 2.06. The highest BCUT2D eigenvalue weighted by Gasteiger charge is 2.57. The molecular weight excluding hydrogens is 1140 g/mol. The third kappa shape index (κ3) is 14.3. The molecule has 2 bridgehead atoms. The first-order valence-electron chi connectivity index (χ1n) is 26.6. The van der Waals surface area contributed by atoms with Crippen LogP contribution in [0.25, 0.3) is 22.3 Å². The van der Waals surface area contributed by atoms with E-state index in [1.54, 1.807) is 11.4 Å². The molecule has 6 heterocycles. The predicted octanol–water partition coefficient (Wildman–Crippen LogP) is 7.17.